The molecule has 1 aromatic heterocycles. The second-order valence-corrected chi connectivity index (χ2v) is 9.36. The van der Waals surface area contributed by atoms with Crippen LogP contribution in [0.25, 0.3) is 22.6 Å². The minimum atomic E-state index is -0.0361. The average Bonchev–Trinajstić information content (AvgIpc) is 3.28. The molecule has 2 aliphatic heterocycles. The van der Waals surface area contributed by atoms with E-state index in [1.54, 1.807) is 0 Å². The molecule has 1 fully saturated rings. The smallest absolute Gasteiger partial charge is 0.240 e. The number of oxazole rings is 1. The average molecular weight is 461 g/mol. The third-order valence-electron chi connectivity index (χ3n) is 6.68. The number of hydrazone groups is 1. The first-order valence-electron chi connectivity index (χ1n) is 12.4. The van der Waals surface area contributed by atoms with Crippen molar-refractivity contribution in [3.8, 4) is 17.2 Å². The molecule has 0 saturated carbocycles. The van der Waals surface area contributed by atoms with Crippen LogP contribution in [0.2, 0.25) is 0 Å². The molecule has 1 N–H and O–H groups in total. The molecule has 5 rings (SSSR count). The summed E-state index contributed by atoms with van der Waals surface area (Å²) in [5, 5.41) is 4.32. The monoisotopic (exact) mass is 460 g/mol. The van der Waals surface area contributed by atoms with E-state index >= 15 is 0 Å². The molecule has 2 aromatic carbocycles. The summed E-state index contributed by atoms with van der Waals surface area (Å²) >= 11 is 0. The van der Waals surface area contributed by atoms with Gasteiger partial charge in [0.2, 0.25) is 11.8 Å². The Morgan fingerprint density at radius 1 is 1.15 bits per heavy atom. The van der Waals surface area contributed by atoms with Crippen molar-refractivity contribution in [2.75, 3.05) is 19.6 Å². The lowest BCUT2D eigenvalue weighted by molar-refractivity contribution is -0.122. The van der Waals surface area contributed by atoms with Gasteiger partial charge in [-0.25, -0.2) is 10.4 Å². The first-order valence-corrected chi connectivity index (χ1v) is 12.4. The van der Waals surface area contributed by atoms with Crippen LogP contribution in [0.5, 0.6) is 5.75 Å². The first kappa shape index (κ1) is 22.6. The van der Waals surface area contributed by atoms with Crippen LogP contribution in [0, 0.1) is 5.92 Å². The maximum absolute atomic E-state index is 11.7. The molecule has 0 bridgehead atoms. The molecule has 3 aromatic rings. The Morgan fingerprint density at radius 3 is 2.82 bits per heavy atom. The lowest BCUT2D eigenvalue weighted by Gasteiger charge is -2.29. The Morgan fingerprint density at radius 2 is 2.00 bits per heavy atom. The number of piperidine rings is 1. The molecule has 1 amide bonds. The number of amides is 1. The molecular formula is C27H32N4O3. The number of nitrogens with one attached hydrogen (secondary N) is 1. The van der Waals surface area contributed by atoms with Crippen molar-refractivity contribution in [1.29, 1.82) is 0 Å². The van der Waals surface area contributed by atoms with Gasteiger partial charge >= 0.3 is 0 Å². The number of ether oxygens (including phenoxy) is 1. The molecule has 0 spiro atoms. The number of nitrogens with zero attached hydrogens (tertiary/aromatic N) is 3. The zero-order valence-corrected chi connectivity index (χ0v) is 19.9. The molecule has 1 unspecified atom stereocenters. The van der Waals surface area contributed by atoms with Crippen LogP contribution in [0.15, 0.2) is 52.0 Å². The molecule has 0 aliphatic carbocycles. The van der Waals surface area contributed by atoms with Crippen molar-refractivity contribution in [2.24, 2.45) is 11.0 Å². The molecule has 3 heterocycles. The van der Waals surface area contributed by atoms with Crippen molar-refractivity contribution in [3.05, 3.63) is 48.0 Å². The van der Waals surface area contributed by atoms with E-state index in [0.717, 1.165) is 54.2 Å². The lowest BCUT2D eigenvalue weighted by Crippen LogP contribution is -2.37. The summed E-state index contributed by atoms with van der Waals surface area (Å²) < 4.78 is 12.4. The first-order chi connectivity index (χ1) is 16.6. The molecule has 1 saturated heterocycles. The number of carbonyl (C=O) groups excluding carboxylic acids is 1. The van der Waals surface area contributed by atoms with Crippen molar-refractivity contribution in [1.82, 2.24) is 15.3 Å². The van der Waals surface area contributed by atoms with E-state index in [4.69, 9.17) is 14.1 Å². The maximum Gasteiger partial charge on any atom is 0.240 e. The van der Waals surface area contributed by atoms with Gasteiger partial charge in [-0.1, -0.05) is 25.5 Å². The molecule has 0 radical (unpaired) electrons. The highest BCUT2D eigenvalue weighted by atomic mass is 16.5. The normalized spacial score (nSPS) is 20.1. The molecule has 34 heavy (non-hydrogen) atoms. The van der Waals surface area contributed by atoms with Gasteiger partial charge in [0.15, 0.2) is 5.58 Å². The number of carbonyl (C=O) groups is 1. The van der Waals surface area contributed by atoms with Crippen LogP contribution in [0.3, 0.4) is 0 Å². The summed E-state index contributed by atoms with van der Waals surface area (Å²) in [7, 11) is 0. The van der Waals surface area contributed by atoms with Crippen LogP contribution in [0.1, 0.15) is 51.5 Å². The van der Waals surface area contributed by atoms with E-state index in [0.29, 0.717) is 17.9 Å². The Hall–Kier alpha value is -3.19. The topological polar surface area (TPSA) is 80.0 Å². The fourth-order valence-corrected chi connectivity index (χ4v) is 4.90. The van der Waals surface area contributed by atoms with Crippen LogP contribution in [-0.2, 0) is 4.79 Å². The Kier molecular flexibility index (Phi) is 6.63. The predicted octanol–water partition coefficient (Wildman–Crippen LogP) is 5.00. The molecule has 178 valence electrons. The molecular weight excluding hydrogens is 428 g/mol. The number of hydrogen-bond donors (Lipinski definition) is 1. The Labute approximate surface area is 200 Å². The summed E-state index contributed by atoms with van der Waals surface area (Å²) in [6.07, 6.45) is 5.32. The zero-order valence-electron chi connectivity index (χ0n) is 19.9. The lowest BCUT2D eigenvalue weighted by atomic mass is 9.90. The fourth-order valence-electron chi connectivity index (χ4n) is 4.90. The Balaban J connectivity index is 1.34. The van der Waals surface area contributed by atoms with E-state index in [9.17, 15) is 4.79 Å². The summed E-state index contributed by atoms with van der Waals surface area (Å²) in [6.45, 7) is 7.47. The molecule has 7 heteroatoms. The number of benzene rings is 2. The molecule has 7 nitrogen and oxygen atoms in total. The van der Waals surface area contributed by atoms with E-state index in [1.807, 2.05) is 42.5 Å². The van der Waals surface area contributed by atoms with Crippen LogP contribution in [-0.4, -0.2) is 47.2 Å². The fraction of sp³-hybridized carbons (Fsp3) is 0.444. The third kappa shape index (κ3) is 4.99. The van der Waals surface area contributed by atoms with Gasteiger partial charge < -0.3 is 9.15 Å². The van der Waals surface area contributed by atoms with Crippen LogP contribution < -0.4 is 10.2 Å². The summed E-state index contributed by atoms with van der Waals surface area (Å²) in [6, 6.07) is 13.8. The standard InChI is InChI=1S/C27H32N4O3/c1-3-19-16-25(32)29-30-26(19)20-10-11-23-24(15-20)34-27(28-23)21-8-7-9-22(14-21)33-18(2)17-31-12-5-4-6-13-31/h7-11,14-15,18-19H,3-6,12-13,16-17H2,1-2H3,(H,29,32)/t18?,19-/m1/s1. The zero-order chi connectivity index (χ0) is 23.5. The van der Waals surface area contributed by atoms with Crippen LogP contribution >= 0.6 is 0 Å². The number of likely N-dealkylation sites (tertiary alicyclic amines) is 1. The number of rotatable bonds is 7. The van der Waals surface area contributed by atoms with Gasteiger partial charge in [0.1, 0.15) is 17.4 Å². The summed E-state index contributed by atoms with van der Waals surface area (Å²) in [4.78, 5) is 18.9. The van der Waals surface area contributed by atoms with E-state index in [2.05, 4.69) is 29.3 Å². The van der Waals surface area contributed by atoms with E-state index in [1.165, 1.54) is 19.3 Å². The van der Waals surface area contributed by atoms with E-state index in [-0.39, 0.29) is 17.9 Å². The van der Waals surface area contributed by atoms with Gasteiger partial charge in [-0.2, -0.15) is 5.10 Å². The summed E-state index contributed by atoms with van der Waals surface area (Å²) in [5.74, 6) is 1.45. The van der Waals surface area contributed by atoms with Crippen molar-refractivity contribution < 1.29 is 13.9 Å². The minimum absolute atomic E-state index is 0.0361. The maximum atomic E-state index is 11.7. The van der Waals surface area contributed by atoms with Gasteiger partial charge in [0.05, 0.1) is 5.71 Å². The summed E-state index contributed by atoms with van der Waals surface area (Å²) in [5.41, 5.74) is 6.82. The highest BCUT2D eigenvalue weighted by Gasteiger charge is 2.25. The SMILES string of the molecule is CC[C@@H]1CC(=O)NN=C1c1ccc2nc(-c3cccc(OC(C)CN4CCCCC4)c3)oc2c1. The molecule has 2 aliphatic rings. The third-order valence-corrected chi connectivity index (χ3v) is 6.68. The van der Waals surface area contributed by atoms with E-state index < -0.39 is 0 Å². The van der Waals surface area contributed by atoms with Gasteiger partial charge in [0, 0.05) is 30.0 Å². The quantitative estimate of drug-likeness (QED) is 0.537. The molecule has 2 atom stereocenters. The van der Waals surface area contributed by atoms with Gasteiger partial charge in [-0.05, 0) is 69.6 Å². The number of fused-ring (bicyclic) bond motifs is 1. The number of hydrogen-bond acceptors (Lipinski definition) is 6. The Bertz CT molecular complexity index is 1200. The van der Waals surface area contributed by atoms with Crippen molar-refractivity contribution >= 4 is 22.7 Å². The largest absolute Gasteiger partial charge is 0.489 e. The minimum Gasteiger partial charge on any atom is -0.489 e. The highest BCUT2D eigenvalue weighted by molar-refractivity contribution is 6.07. The second-order valence-electron chi connectivity index (χ2n) is 9.36. The predicted molar refractivity (Wildman–Crippen MR) is 133 cm³/mol. The van der Waals surface area contributed by atoms with Gasteiger partial charge in [-0.3, -0.25) is 9.69 Å². The second kappa shape index (κ2) is 9.97. The highest BCUT2D eigenvalue weighted by Crippen LogP contribution is 2.29. The van der Waals surface area contributed by atoms with Crippen molar-refractivity contribution in [2.45, 2.75) is 52.1 Å². The van der Waals surface area contributed by atoms with Crippen molar-refractivity contribution in [3.63, 3.8) is 0 Å². The van der Waals surface area contributed by atoms with Gasteiger partial charge in [-0.15, -0.1) is 0 Å². The van der Waals surface area contributed by atoms with Crippen LogP contribution in [0.4, 0.5) is 0 Å². The number of aromatic nitrogens is 1. The van der Waals surface area contributed by atoms with Gasteiger partial charge in [0.25, 0.3) is 0 Å².